The minimum atomic E-state index is -0.723. The highest BCUT2D eigenvalue weighted by Gasteiger charge is 2.13. The molecule has 0 saturated carbocycles. The molecule has 1 fully saturated rings. The lowest BCUT2D eigenvalue weighted by Gasteiger charge is -2.29. The quantitative estimate of drug-likeness (QED) is 0.811. The normalized spacial score (nSPS) is 23.2. The third kappa shape index (κ3) is 8.68. The van der Waals surface area contributed by atoms with E-state index < -0.39 is 5.97 Å². The Morgan fingerprint density at radius 3 is 1.82 bits per heavy atom. The van der Waals surface area contributed by atoms with Gasteiger partial charge in [0.15, 0.2) is 0 Å². The maximum absolute atomic E-state index is 11.0. The van der Waals surface area contributed by atoms with Gasteiger partial charge in [0.25, 0.3) is 0 Å². The molecule has 1 heterocycles. The second kappa shape index (κ2) is 10.9. The SMILES string of the molecule is CCN1CCCN(C)CCN(C)CCCN(CC(=O)O)CC1. The van der Waals surface area contributed by atoms with Crippen LogP contribution in [0.4, 0.5) is 0 Å². The molecule has 0 unspecified atom stereocenters. The van der Waals surface area contributed by atoms with Crippen molar-refractivity contribution in [3.63, 3.8) is 0 Å². The Morgan fingerprint density at radius 1 is 0.818 bits per heavy atom. The van der Waals surface area contributed by atoms with Crippen molar-refractivity contribution in [2.75, 3.05) is 79.5 Å². The van der Waals surface area contributed by atoms with Crippen LogP contribution < -0.4 is 0 Å². The van der Waals surface area contributed by atoms with Crippen molar-refractivity contribution in [1.82, 2.24) is 19.6 Å². The van der Waals surface area contributed by atoms with Gasteiger partial charge in [-0.15, -0.1) is 0 Å². The van der Waals surface area contributed by atoms with E-state index in [0.717, 1.165) is 65.3 Å². The van der Waals surface area contributed by atoms with Crippen LogP contribution in [0.15, 0.2) is 0 Å². The zero-order valence-electron chi connectivity index (χ0n) is 14.6. The van der Waals surface area contributed by atoms with E-state index in [0.29, 0.717) is 0 Å². The summed E-state index contributed by atoms with van der Waals surface area (Å²) >= 11 is 0. The Bertz CT molecular complexity index is 315. The highest BCUT2D eigenvalue weighted by atomic mass is 16.4. The molecule has 0 aromatic carbocycles. The van der Waals surface area contributed by atoms with Crippen LogP contribution in [-0.4, -0.2) is 110 Å². The van der Waals surface area contributed by atoms with E-state index in [1.165, 1.54) is 6.42 Å². The van der Waals surface area contributed by atoms with Crippen LogP contribution in [0.1, 0.15) is 19.8 Å². The molecule has 0 aliphatic carbocycles. The summed E-state index contributed by atoms with van der Waals surface area (Å²) < 4.78 is 0. The van der Waals surface area contributed by atoms with Crippen molar-refractivity contribution in [3.8, 4) is 0 Å². The van der Waals surface area contributed by atoms with Crippen molar-refractivity contribution in [3.05, 3.63) is 0 Å². The summed E-state index contributed by atoms with van der Waals surface area (Å²) in [4.78, 5) is 20.3. The predicted octanol–water partition coefficient (Wildman–Crippen LogP) is 0.352. The molecule has 1 rings (SSSR count). The van der Waals surface area contributed by atoms with Gasteiger partial charge in [-0.25, -0.2) is 0 Å². The Hall–Kier alpha value is -0.690. The van der Waals surface area contributed by atoms with E-state index >= 15 is 0 Å². The number of carbonyl (C=O) groups is 1. The number of nitrogens with zero attached hydrogens (tertiary/aromatic N) is 4. The van der Waals surface area contributed by atoms with Crippen molar-refractivity contribution >= 4 is 5.97 Å². The average molecular weight is 314 g/mol. The lowest BCUT2D eigenvalue weighted by atomic mass is 10.3. The van der Waals surface area contributed by atoms with Crippen molar-refractivity contribution in [2.45, 2.75) is 19.8 Å². The fraction of sp³-hybridized carbons (Fsp3) is 0.938. The first kappa shape index (κ1) is 19.4. The van der Waals surface area contributed by atoms with E-state index in [4.69, 9.17) is 5.11 Å². The van der Waals surface area contributed by atoms with Crippen LogP contribution in [0, 0.1) is 0 Å². The van der Waals surface area contributed by atoms with E-state index in [9.17, 15) is 4.79 Å². The molecule has 130 valence electrons. The second-order valence-electron chi connectivity index (χ2n) is 6.42. The maximum Gasteiger partial charge on any atom is 0.317 e. The minimum absolute atomic E-state index is 0.157. The highest BCUT2D eigenvalue weighted by molar-refractivity contribution is 5.69. The first-order chi connectivity index (χ1) is 10.5. The fourth-order valence-electron chi connectivity index (χ4n) is 2.87. The maximum atomic E-state index is 11.0. The highest BCUT2D eigenvalue weighted by Crippen LogP contribution is 2.00. The second-order valence-corrected chi connectivity index (χ2v) is 6.42. The van der Waals surface area contributed by atoms with Crippen molar-refractivity contribution in [1.29, 1.82) is 0 Å². The monoisotopic (exact) mass is 314 g/mol. The number of hydrogen-bond acceptors (Lipinski definition) is 5. The Balaban J connectivity index is 2.55. The topological polar surface area (TPSA) is 50.3 Å². The summed E-state index contributed by atoms with van der Waals surface area (Å²) in [5.41, 5.74) is 0. The molecule has 0 bridgehead atoms. The average Bonchev–Trinajstić information content (AvgIpc) is 2.47. The standard InChI is InChI=1S/C16H34N4O2/c1-4-19-9-5-7-17(2)11-12-18(3)8-6-10-20(14-13-19)15-16(21)22/h4-15H2,1-3H3,(H,21,22). The van der Waals surface area contributed by atoms with Gasteiger partial charge in [0.1, 0.15) is 0 Å². The summed E-state index contributed by atoms with van der Waals surface area (Å²) in [6.07, 6.45) is 2.20. The lowest BCUT2D eigenvalue weighted by molar-refractivity contribution is -0.138. The largest absolute Gasteiger partial charge is 0.480 e. The molecule has 0 radical (unpaired) electrons. The van der Waals surface area contributed by atoms with E-state index in [1.807, 2.05) is 0 Å². The fourth-order valence-corrected chi connectivity index (χ4v) is 2.87. The van der Waals surface area contributed by atoms with Gasteiger partial charge in [0.05, 0.1) is 6.54 Å². The molecule has 0 amide bonds. The molecule has 1 aliphatic heterocycles. The number of rotatable bonds is 3. The van der Waals surface area contributed by atoms with Gasteiger partial charge in [0.2, 0.25) is 0 Å². The minimum Gasteiger partial charge on any atom is -0.480 e. The van der Waals surface area contributed by atoms with Crippen LogP contribution >= 0.6 is 0 Å². The van der Waals surface area contributed by atoms with Gasteiger partial charge in [-0.1, -0.05) is 6.92 Å². The van der Waals surface area contributed by atoms with Gasteiger partial charge in [0, 0.05) is 32.7 Å². The van der Waals surface area contributed by atoms with E-state index in [-0.39, 0.29) is 6.54 Å². The van der Waals surface area contributed by atoms with Gasteiger partial charge >= 0.3 is 5.97 Å². The van der Waals surface area contributed by atoms with Gasteiger partial charge < -0.3 is 19.8 Å². The third-order valence-electron chi connectivity index (χ3n) is 4.43. The lowest BCUT2D eigenvalue weighted by Crippen LogP contribution is -2.41. The Morgan fingerprint density at radius 2 is 1.32 bits per heavy atom. The first-order valence-corrected chi connectivity index (χ1v) is 8.55. The number of carboxylic acids is 1. The molecule has 0 aromatic rings. The molecule has 6 heteroatoms. The van der Waals surface area contributed by atoms with Gasteiger partial charge in [-0.2, -0.15) is 0 Å². The molecule has 0 spiro atoms. The van der Waals surface area contributed by atoms with Crippen LogP contribution in [0.2, 0.25) is 0 Å². The predicted molar refractivity (Wildman–Crippen MR) is 90.4 cm³/mol. The molecule has 1 N–H and O–H groups in total. The molecule has 1 saturated heterocycles. The summed E-state index contributed by atoms with van der Waals surface area (Å²) in [5, 5.41) is 9.07. The van der Waals surface area contributed by atoms with Crippen LogP contribution in [0.25, 0.3) is 0 Å². The van der Waals surface area contributed by atoms with E-state index in [2.05, 4.69) is 40.6 Å². The smallest absolute Gasteiger partial charge is 0.317 e. The molecule has 6 nitrogen and oxygen atoms in total. The summed E-state index contributed by atoms with van der Waals surface area (Å²) in [7, 11) is 4.35. The zero-order chi connectivity index (χ0) is 16.4. The molecule has 1 aliphatic rings. The van der Waals surface area contributed by atoms with Crippen molar-refractivity contribution < 1.29 is 9.90 Å². The zero-order valence-corrected chi connectivity index (χ0v) is 14.6. The molecular formula is C16H34N4O2. The molecular weight excluding hydrogens is 280 g/mol. The van der Waals surface area contributed by atoms with Crippen molar-refractivity contribution in [2.24, 2.45) is 0 Å². The van der Waals surface area contributed by atoms with Gasteiger partial charge in [-0.3, -0.25) is 9.69 Å². The number of likely N-dealkylation sites (N-methyl/N-ethyl adjacent to an activating group) is 3. The van der Waals surface area contributed by atoms with E-state index in [1.54, 1.807) is 0 Å². The van der Waals surface area contributed by atoms with Crippen LogP contribution in [0.3, 0.4) is 0 Å². The molecule has 0 aromatic heterocycles. The van der Waals surface area contributed by atoms with Crippen LogP contribution in [0.5, 0.6) is 0 Å². The van der Waals surface area contributed by atoms with Crippen LogP contribution in [-0.2, 0) is 4.79 Å². The first-order valence-electron chi connectivity index (χ1n) is 8.55. The van der Waals surface area contributed by atoms with Gasteiger partial charge in [-0.05, 0) is 53.1 Å². The third-order valence-corrected chi connectivity index (χ3v) is 4.43. The number of aliphatic carboxylic acids is 1. The Labute approximate surface area is 135 Å². The summed E-state index contributed by atoms with van der Waals surface area (Å²) in [5.74, 6) is -0.723. The summed E-state index contributed by atoms with van der Waals surface area (Å²) in [6.45, 7) is 11.5. The Kier molecular flexibility index (Phi) is 9.63. The number of carboxylic acid groups (broad SMARTS) is 1. The molecule has 22 heavy (non-hydrogen) atoms. The number of hydrogen-bond donors (Lipinski definition) is 1. The summed E-state index contributed by atoms with van der Waals surface area (Å²) in [6, 6.07) is 0. The molecule has 0 atom stereocenters.